The van der Waals surface area contributed by atoms with Crippen molar-refractivity contribution >= 4 is 5.91 Å². The highest BCUT2D eigenvalue weighted by Gasteiger charge is 2.23. The largest absolute Gasteiger partial charge is 0.493 e. The van der Waals surface area contributed by atoms with E-state index in [0.717, 1.165) is 42.0 Å². The van der Waals surface area contributed by atoms with Gasteiger partial charge >= 0.3 is 0 Å². The summed E-state index contributed by atoms with van der Waals surface area (Å²) < 4.78 is 10.8. The number of fused-ring (bicyclic) bond motifs is 1. The molecule has 3 aromatic rings. The lowest BCUT2D eigenvalue weighted by atomic mass is 10.0. The third-order valence-electron chi connectivity index (χ3n) is 5.67. The van der Waals surface area contributed by atoms with Gasteiger partial charge in [-0.15, -0.1) is 0 Å². The van der Waals surface area contributed by atoms with Gasteiger partial charge in [0.05, 0.1) is 14.2 Å². The first kappa shape index (κ1) is 20.0. The number of ether oxygens (including phenoxy) is 2. The van der Waals surface area contributed by atoms with Crippen LogP contribution in [0.3, 0.4) is 0 Å². The van der Waals surface area contributed by atoms with Crippen LogP contribution in [0.4, 0.5) is 0 Å². The van der Waals surface area contributed by atoms with E-state index in [2.05, 4.69) is 41.7 Å². The lowest BCUT2D eigenvalue weighted by molar-refractivity contribution is 0.100. The lowest BCUT2D eigenvalue weighted by Gasteiger charge is -2.12. The normalized spacial score (nSPS) is 13.1. The zero-order chi connectivity index (χ0) is 21.1. The Kier molecular flexibility index (Phi) is 5.72. The van der Waals surface area contributed by atoms with Crippen LogP contribution < -0.4 is 20.5 Å². The monoisotopic (exact) mass is 402 g/mol. The molecule has 0 fully saturated rings. The predicted octanol–water partition coefficient (Wildman–Crippen LogP) is 3.73. The molecule has 154 valence electrons. The van der Waals surface area contributed by atoms with Gasteiger partial charge in [-0.25, -0.2) is 0 Å². The Morgan fingerprint density at radius 2 is 1.57 bits per heavy atom. The Morgan fingerprint density at radius 1 is 0.933 bits per heavy atom. The minimum absolute atomic E-state index is 0.392. The average Bonchev–Trinajstić information content (AvgIpc) is 3.18. The lowest BCUT2D eigenvalue weighted by Crippen LogP contribution is -2.28. The van der Waals surface area contributed by atoms with Crippen molar-refractivity contribution in [1.82, 2.24) is 5.32 Å². The molecule has 0 saturated carbocycles. The number of hydrogen-bond acceptors (Lipinski definition) is 4. The molecule has 1 aliphatic carbocycles. The number of carbonyl (C=O) groups excluding carboxylic acids is 1. The summed E-state index contributed by atoms with van der Waals surface area (Å²) in [4.78, 5) is 11.4. The van der Waals surface area contributed by atoms with Gasteiger partial charge in [0.15, 0.2) is 11.5 Å². The van der Waals surface area contributed by atoms with Crippen LogP contribution in [0.25, 0.3) is 11.1 Å². The van der Waals surface area contributed by atoms with Crippen molar-refractivity contribution in [2.75, 3.05) is 14.2 Å². The Bertz CT molecular complexity index is 1030. The summed E-state index contributed by atoms with van der Waals surface area (Å²) in [5, 5.41) is 3.66. The molecule has 0 aromatic heterocycles. The number of carbonyl (C=O) groups is 1. The number of amides is 1. The Labute approximate surface area is 176 Å². The van der Waals surface area contributed by atoms with Crippen molar-refractivity contribution in [1.29, 1.82) is 0 Å². The van der Waals surface area contributed by atoms with E-state index in [1.807, 2.05) is 18.2 Å². The molecule has 5 nitrogen and oxygen atoms in total. The molecular weight excluding hydrogens is 376 g/mol. The molecule has 4 rings (SSSR count). The van der Waals surface area contributed by atoms with Crippen molar-refractivity contribution in [3.63, 3.8) is 0 Å². The van der Waals surface area contributed by atoms with Crippen LogP contribution in [0.5, 0.6) is 11.5 Å². The van der Waals surface area contributed by atoms with E-state index in [1.165, 1.54) is 16.7 Å². The van der Waals surface area contributed by atoms with E-state index in [-0.39, 0.29) is 0 Å². The highest BCUT2D eigenvalue weighted by molar-refractivity contribution is 5.94. The van der Waals surface area contributed by atoms with Crippen molar-refractivity contribution in [2.45, 2.75) is 25.4 Å². The second-order valence-electron chi connectivity index (χ2n) is 7.60. The Hall–Kier alpha value is -3.31. The first-order valence-electron chi connectivity index (χ1n) is 10.0. The van der Waals surface area contributed by atoms with Gasteiger partial charge in [-0.1, -0.05) is 36.4 Å². The topological polar surface area (TPSA) is 73.6 Å². The summed E-state index contributed by atoms with van der Waals surface area (Å²) in [7, 11) is 3.34. The number of primary amides is 1. The Balaban J connectivity index is 1.39. The number of nitrogens with one attached hydrogen (secondary N) is 1. The van der Waals surface area contributed by atoms with E-state index in [9.17, 15) is 4.79 Å². The molecular formula is C25H26N2O3. The van der Waals surface area contributed by atoms with Gasteiger partial charge in [-0.05, 0) is 64.9 Å². The minimum Gasteiger partial charge on any atom is -0.493 e. The standard InChI is InChI=1S/C25H26N2O3/c1-29-23-13-20-11-22(12-21(20)14-24(23)30-2)27-15-16-6-8-17(9-7-16)18-4-3-5-19(10-18)25(26)28/h3-10,13-14,22,27H,11-12,15H2,1-2H3,(H2,26,28). The van der Waals surface area contributed by atoms with Gasteiger partial charge in [0.25, 0.3) is 0 Å². The van der Waals surface area contributed by atoms with Crippen LogP contribution in [-0.4, -0.2) is 26.2 Å². The van der Waals surface area contributed by atoms with Crippen LogP contribution in [0, 0.1) is 0 Å². The second kappa shape index (κ2) is 8.59. The molecule has 5 heteroatoms. The molecule has 0 unspecified atom stereocenters. The fourth-order valence-electron chi connectivity index (χ4n) is 4.02. The molecule has 0 spiro atoms. The maximum atomic E-state index is 11.4. The number of hydrogen-bond donors (Lipinski definition) is 2. The molecule has 0 aliphatic heterocycles. The van der Waals surface area contributed by atoms with Crippen LogP contribution in [-0.2, 0) is 19.4 Å². The molecule has 0 atom stereocenters. The third kappa shape index (κ3) is 4.16. The number of methoxy groups -OCH3 is 2. The van der Waals surface area contributed by atoms with Gasteiger partial charge in [0.1, 0.15) is 0 Å². The zero-order valence-corrected chi connectivity index (χ0v) is 17.3. The molecule has 3 N–H and O–H groups in total. The quantitative estimate of drug-likeness (QED) is 0.632. The van der Waals surface area contributed by atoms with Crippen molar-refractivity contribution < 1.29 is 14.3 Å². The fourth-order valence-corrected chi connectivity index (χ4v) is 4.02. The average molecular weight is 402 g/mol. The smallest absolute Gasteiger partial charge is 0.248 e. The van der Waals surface area contributed by atoms with E-state index in [1.54, 1.807) is 20.3 Å². The third-order valence-corrected chi connectivity index (χ3v) is 5.67. The Morgan fingerprint density at radius 3 is 2.13 bits per heavy atom. The highest BCUT2D eigenvalue weighted by atomic mass is 16.5. The van der Waals surface area contributed by atoms with Crippen LogP contribution in [0.1, 0.15) is 27.0 Å². The van der Waals surface area contributed by atoms with Crippen LogP contribution in [0.15, 0.2) is 60.7 Å². The molecule has 0 saturated heterocycles. The number of nitrogens with two attached hydrogens (primary N) is 1. The minimum atomic E-state index is -0.412. The molecule has 0 bridgehead atoms. The van der Waals surface area contributed by atoms with E-state index in [4.69, 9.17) is 15.2 Å². The maximum Gasteiger partial charge on any atom is 0.248 e. The van der Waals surface area contributed by atoms with Gasteiger partial charge < -0.3 is 20.5 Å². The summed E-state index contributed by atoms with van der Waals surface area (Å²) in [5.41, 5.74) is 11.8. The summed E-state index contributed by atoms with van der Waals surface area (Å²) >= 11 is 0. The summed E-state index contributed by atoms with van der Waals surface area (Å²) in [6.07, 6.45) is 1.96. The molecule has 1 aliphatic rings. The molecule has 0 heterocycles. The van der Waals surface area contributed by atoms with E-state index >= 15 is 0 Å². The zero-order valence-electron chi connectivity index (χ0n) is 17.3. The fraction of sp³-hybridized carbons (Fsp3) is 0.240. The first-order chi connectivity index (χ1) is 14.6. The van der Waals surface area contributed by atoms with E-state index in [0.29, 0.717) is 11.6 Å². The molecule has 1 amide bonds. The first-order valence-corrected chi connectivity index (χ1v) is 10.0. The SMILES string of the molecule is COc1cc2c(cc1OC)CC(NCc1ccc(-c3cccc(C(N)=O)c3)cc1)C2. The number of rotatable bonds is 7. The predicted molar refractivity (Wildman–Crippen MR) is 118 cm³/mol. The van der Waals surface area contributed by atoms with Crippen molar-refractivity contribution in [3.8, 4) is 22.6 Å². The summed E-state index contributed by atoms with van der Waals surface area (Å²) in [5.74, 6) is 1.16. The van der Waals surface area contributed by atoms with E-state index < -0.39 is 5.91 Å². The molecule has 0 radical (unpaired) electrons. The van der Waals surface area contributed by atoms with Crippen LogP contribution in [0.2, 0.25) is 0 Å². The summed E-state index contributed by atoms with van der Waals surface area (Å²) in [6, 6.07) is 20.4. The van der Waals surface area contributed by atoms with Gasteiger partial charge in [0, 0.05) is 18.2 Å². The van der Waals surface area contributed by atoms with Gasteiger partial charge in [0.2, 0.25) is 5.91 Å². The molecule has 3 aromatic carbocycles. The van der Waals surface area contributed by atoms with Gasteiger partial charge in [-0.2, -0.15) is 0 Å². The van der Waals surface area contributed by atoms with Gasteiger partial charge in [-0.3, -0.25) is 4.79 Å². The molecule has 30 heavy (non-hydrogen) atoms. The van der Waals surface area contributed by atoms with Crippen molar-refractivity contribution in [2.24, 2.45) is 5.73 Å². The maximum absolute atomic E-state index is 11.4. The number of benzene rings is 3. The second-order valence-corrected chi connectivity index (χ2v) is 7.60. The summed E-state index contributed by atoms with van der Waals surface area (Å²) in [6.45, 7) is 0.800. The van der Waals surface area contributed by atoms with Crippen molar-refractivity contribution in [3.05, 3.63) is 82.9 Å². The highest BCUT2D eigenvalue weighted by Crippen LogP contribution is 2.35. The van der Waals surface area contributed by atoms with Crippen LogP contribution >= 0.6 is 0 Å².